The van der Waals surface area contributed by atoms with E-state index < -0.39 is 5.97 Å². The average molecular weight is 396 g/mol. The van der Waals surface area contributed by atoms with Crippen LogP contribution in [0.2, 0.25) is 0 Å². The summed E-state index contributed by atoms with van der Waals surface area (Å²) in [5.41, 5.74) is 1.52. The monoisotopic (exact) mass is 396 g/mol. The Labute approximate surface area is 165 Å². The smallest absolute Gasteiger partial charge is 0.306 e. The molecule has 0 fully saturated rings. The number of thiophene rings is 1. The molecule has 1 N–H and O–H groups in total. The minimum Gasteiger partial charge on any atom is -0.457 e. The highest BCUT2D eigenvalue weighted by molar-refractivity contribution is 7.18. The fourth-order valence-electron chi connectivity index (χ4n) is 3.47. The molecule has 0 aliphatic heterocycles. The number of hydrogen-bond acceptors (Lipinski definition) is 6. The Morgan fingerprint density at radius 3 is 2.75 bits per heavy atom. The molecule has 4 rings (SSSR count). The zero-order valence-electron chi connectivity index (χ0n) is 15.3. The lowest BCUT2D eigenvalue weighted by Crippen LogP contribution is -2.16. The molecule has 144 valence electrons. The number of carbonyl (C=O) groups excluding carboxylic acids is 2. The van der Waals surface area contributed by atoms with Crippen LogP contribution in [0.4, 0.5) is 0 Å². The van der Waals surface area contributed by atoms with Crippen molar-refractivity contribution in [2.45, 2.75) is 38.5 Å². The molecule has 1 aliphatic rings. The molecule has 0 saturated carbocycles. The van der Waals surface area contributed by atoms with Gasteiger partial charge >= 0.3 is 5.97 Å². The van der Waals surface area contributed by atoms with Crippen molar-refractivity contribution >= 4 is 33.3 Å². The SMILES string of the molecule is O=C(CCc1nc2sc3c(c2c(=O)[nH]1)CCCC3)OCC(=O)c1ccccc1. The van der Waals surface area contributed by atoms with E-state index in [4.69, 9.17) is 4.74 Å². The first kappa shape index (κ1) is 18.6. The van der Waals surface area contributed by atoms with Crippen molar-refractivity contribution < 1.29 is 14.3 Å². The highest BCUT2D eigenvalue weighted by Crippen LogP contribution is 2.33. The van der Waals surface area contributed by atoms with Gasteiger partial charge < -0.3 is 9.72 Å². The van der Waals surface area contributed by atoms with Crippen LogP contribution in [0.25, 0.3) is 10.2 Å². The van der Waals surface area contributed by atoms with Gasteiger partial charge in [0.15, 0.2) is 12.4 Å². The molecule has 2 heterocycles. The van der Waals surface area contributed by atoms with E-state index in [-0.39, 0.29) is 30.8 Å². The number of hydrogen-bond donors (Lipinski definition) is 1. The first-order valence-electron chi connectivity index (χ1n) is 9.39. The third-order valence-corrected chi connectivity index (χ3v) is 6.09. The van der Waals surface area contributed by atoms with Crippen LogP contribution in [0.5, 0.6) is 0 Å². The minimum absolute atomic E-state index is 0.0571. The van der Waals surface area contributed by atoms with Gasteiger partial charge in [0.05, 0.1) is 11.8 Å². The normalized spacial score (nSPS) is 13.3. The maximum Gasteiger partial charge on any atom is 0.306 e. The third-order valence-electron chi connectivity index (χ3n) is 4.90. The number of aryl methyl sites for hydroxylation is 3. The van der Waals surface area contributed by atoms with Gasteiger partial charge in [-0.1, -0.05) is 30.3 Å². The molecule has 0 spiro atoms. The minimum atomic E-state index is -0.488. The van der Waals surface area contributed by atoms with E-state index >= 15 is 0 Å². The third kappa shape index (κ3) is 3.89. The highest BCUT2D eigenvalue weighted by Gasteiger charge is 2.20. The number of ether oxygens (including phenoxy) is 1. The number of carbonyl (C=O) groups is 2. The highest BCUT2D eigenvalue weighted by atomic mass is 32.1. The van der Waals surface area contributed by atoms with Gasteiger partial charge in [0, 0.05) is 16.9 Å². The molecule has 7 heteroatoms. The van der Waals surface area contributed by atoms with E-state index in [9.17, 15) is 14.4 Å². The topological polar surface area (TPSA) is 89.1 Å². The summed E-state index contributed by atoms with van der Waals surface area (Å²) >= 11 is 1.58. The van der Waals surface area contributed by atoms with Crippen LogP contribution >= 0.6 is 11.3 Å². The summed E-state index contributed by atoms with van der Waals surface area (Å²) in [4.78, 5) is 45.8. The van der Waals surface area contributed by atoms with Gasteiger partial charge in [-0.3, -0.25) is 14.4 Å². The second-order valence-electron chi connectivity index (χ2n) is 6.85. The second-order valence-corrected chi connectivity index (χ2v) is 7.94. The standard InChI is InChI=1S/C21H20N2O4S/c24-15(13-6-2-1-3-7-13)12-27-18(25)11-10-17-22-20(26)19-14-8-4-5-9-16(14)28-21(19)23-17/h1-3,6-7H,4-5,8-12H2,(H,22,23,26). The molecule has 28 heavy (non-hydrogen) atoms. The Morgan fingerprint density at radius 1 is 1.14 bits per heavy atom. The number of rotatable bonds is 6. The van der Waals surface area contributed by atoms with Crippen LogP contribution in [-0.4, -0.2) is 28.3 Å². The Balaban J connectivity index is 1.38. The van der Waals surface area contributed by atoms with Crippen LogP contribution in [0, 0.1) is 0 Å². The van der Waals surface area contributed by atoms with Crippen molar-refractivity contribution in [1.82, 2.24) is 9.97 Å². The molecular formula is C21H20N2O4S. The predicted octanol–water partition coefficient (Wildman–Crippen LogP) is 3.22. The van der Waals surface area contributed by atoms with Gasteiger partial charge in [-0.25, -0.2) is 4.98 Å². The Kier molecular flexibility index (Phi) is 5.34. The molecule has 1 aliphatic carbocycles. The molecule has 1 aromatic carbocycles. The lowest BCUT2D eigenvalue weighted by Gasteiger charge is -2.09. The molecule has 0 bridgehead atoms. The molecule has 0 unspecified atom stereocenters. The van der Waals surface area contributed by atoms with Crippen molar-refractivity contribution in [2.75, 3.05) is 6.61 Å². The van der Waals surface area contributed by atoms with E-state index in [1.165, 1.54) is 4.88 Å². The number of aromatic amines is 1. The van der Waals surface area contributed by atoms with E-state index in [0.29, 0.717) is 16.8 Å². The van der Waals surface area contributed by atoms with E-state index in [1.807, 2.05) is 6.07 Å². The molecule has 3 aromatic rings. The molecule has 6 nitrogen and oxygen atoms in total. The fourth-order valence-corrected chi connectivity index (χ4v) is 4.75. The van der Waals surface area contributed by atoms with E-state index in [0.717, 1.165) is 36.1 Å². The van der Waals surface area contributed by atoms with Gasteiger partial charge in [0.1, 0.15) is 10.7 Å². The number of esters is 1. The second kappa shape index (κ2) is 8.06. The van der Waals surface area contributed by atoms with E-state index in [2.05, 4.69) is 9.97 Å². The average Bonchev–Trinajstić information content (AvgIpc) is 3.10. The van der Waals surface area contributed by atoms with Crippen LogP contribution in [0.1, 0.15) is 45.9 Å². The summed E-state index contributed by atoms with van der Waals surface area (Å²) in [6.07, 6.45) is 4.52. The Bertz CT molecular complexity index is 1080. The summed E-state index contributed by atoms with van der Waals surface area (Å²) in [6, 6.07) is 8.70. The maximum absolute atomic E-state index is 12.5. The molecule has 0 radical (unpaired) electrons. The van der Waals surface area contributed by atoms with Crippen LogP contribution in [0.15, 0.2) is 35.1 Å². The largest absolute Gasteiger partial charge is 0.457 e. The molecule has 0 saturated heterocycles. The molecular weight excluding hydrogens is 376 g/mol. The quantitative estimate of drug-likeness (QED) is 0.510. The van der Waals surface area contributed by atoms with Gasteiger partial charge in [0.25, 0.3) is 5.56 Å². The number of nitrogens with one attached hydrogen (secondary N) is 1. The van der Waals surface area contributed by atoms with Crippen LogP contribution < -0.4 is 5.56 Å². The number of Topliss-reactive ketones (excluding diaryl/α,β-unsaturated/α-hetero) is 1. The predicted molar refractivity (Wildman–Crippen MR) is 107 cm³/mol. The first-order chi connectivity index (χ1) is 13.6. The first-order valence-corrected chi connectivity index (χ1v) is 10.2. The maximum atomic E-state index is 12.5. The summed E-state index contributed by atoms with van der Waals surface area (Å²) in [7, 11) is 0. The van der Waals surface area contributed by atoms with E-state index in [1.54, 1.807) is 35.6 Å². The summed E-state index contributed by atoms with van der Waals surface area (Å²) in [5, 5.41) is 0.708. The zero-order chi connectivity index (χ0) is 19.5. The molecule has 2 aromatic heterocycles. The van der Waals surface area contributed by atoms with Gasteiger partial charge in [-0.05, 0) is 31.2 Å². The van der Waals surface area contributed by atoms with Crippen molar-refractivity contribution in [2.24, 2.45) is 0 Å². The summed E-state index contributed by atoms with van der Waals surface area (Å²) in [5.74, 6) is -0.258. The van der Waals surface area contributed by atoms with Gasteiger partial charge in [0.2, 0.25) is 0 Å². The van der Waals surface area contributed by atoms with Crippen LogP contribution in [-0.2, 0) is 28.8 Å². The lowest BCUT2D eigenvalue weighted by molar-refractivity contribution is -0.142. The Hall–Kier alpha value is -2.80. The van der Waals surface area contributed by atoms with Crippen molar-refractivity contribution in [1.29, 1.82) is 0 Å². The fraction of sp³-hybridized carbons (Fsp3) is 0.333. The number of nitrogens with zero attached hydrogens (tertiary/aromatic N) is 1. The van der Waals surface area contributed by atoms with Crippen LogP contribution in [0.3, 0.4) is 0 Å². The zero-order valence-corrected chi connectivity index (χ0v) is 16.1. The number of H-pyrrole nitrogens is 1. The molecule has 0 atom stereocenters. The summed E-state index contributed by atoms with van der Waals surface area (Å²) in [6.45, 7) is -0.288. The molecule has 0 amide bonds. The number of fused-ring (bicyclic) bond motifs is 3. The summed E-state index contributed by atoms with van der Waals surface area (Å²) < 4.78 is 5.06. The van der Waals surface area contributed by atoms with Gasteiger partial charge in [-0.15, -0.1) is 11.3 Å². The number of aromatic nitrogens is 2. The van der Waals surface area contributed by atoms with Crippen molar-refractivity contribution in [3.05, 3.63) is 62.5 Å². The van der Waals surface area contributed by atoms with Gasteiger partial charge in [-0.2, -0.15) is 0 Å². The number of benzene rings is 1. The van der Waals surface area contributed by atoms with Crippen molar-refractivity contribution in [3.8, 4) is 0 Å². The Morgan fingerprint density at radius 2 is 1.93 bits per heavy atom. The number of ketones is 1. The lowest BCUT2D eigenvalue weighted by atomic mass is 9.97. The van der Waals surface area contributed by atoms with Crippen molar-refractivity contribution in [3.63, 3.8) is 0 Å².